The summed E-state index contributed by atoms with van der Waals surface area (Å²) in [6, 6.07) is 9.13. The van der Waals surface area contributed by atoms with Gasteiger partial charge in [-0.2, -0.15) is 26.3 Å². The lowest BCUT2D eigenvalue weighted by Crippen LogP contribution is -2.37. The van der Waals surface area contributed by atoms with Gasteiger partial charge >= 0.3 is 18.3 Å². The largest absolute Gasteiger partial charge is 0.464 e. The van der Waals surface area contributed by atoms with Gasteiger partial charge in [0.05, 0.1) is 17.7 Å². The normalized spacial score (nSPS) is 14.5. The van der Waals surface area contributed by atoms with Crippen LogP contribution in [0.2, 0.25) is 0 Å². The van der Waals surface area contributed by atoms with E-state index in [1.54, 1.807) is 37.3 Å². The van der Waals surface area contributed by atoms with E-state index in [2.05, 4.69) is 20.9 Å². The Balaban J connectivity index is 2.63. The molecule has 3 nitrogen and oxygen atoms in total. The minimum absolute atomic E-state index is 0.0116. The Hall–Kier alpha value is -2.36. The Morgan fingerprint density at radius 3 is 1.93 bits per heavy atom. The molecule has 0 fully saturated rings. The van der Waals surface area contributed by atoms with Crippen LogP contribution in [0.3, 0.4) is 0 Å². The maximum atomic E-state index is 13.1. The fourth-order valence-electron chi connectivity index (χ4n) is 2.61. The average Bonchev–Trinajstić information content (AvgIpc) is 2.68. The molecule has 0 heterocycles. The van der Waals surface area contributed by atoms with Crippen molar-refractivity contribution in [3.05, 3.63) is 70.8 Å². The van der Waals surface area contributed by atoms with Crippen LogP contribution in [0.4, 0.5) is 26.3 Å². The van der Waals surface area contributed by atoms with Gasteiger partial charge in [-0.05, 0) is 36.2 Å². The number of hydrogen-bond donors (Lipinski definition) is 0. The van der Waals surface area contributed by atoms with E-state index in [1.165, 1.54) is 0 Å². The standard InChI is InChI=1S/C20H16BrF6NO2/c1-2-30-17(29)18(12-21,14-6-4-3-5-7-14)28-11-13-8-15(19(22,23)24)10-16(9-13)20(25,26)27/h3-11H,2,12H2,1H3. The summed E-state index contributed by atoms with van der Waals surface area (Å²) in [5.74, 6) is -0.799. The second-order valence-electron chi connectivity index (χ2n) is 6.18. The number of hydrogen-bond acceptors (Lipinski definition) is 3. The number of benzene rings is 2. The molecule has 0 aliphatic heterocycles. The van der Waals surface area contributed by atoms with Gasteiger partial charge in [0.2, 0.25) is 0 Å². The molecule has 162 valence electrons. The summed E-state index contributed by atoms with van der Waals surface area (Å²) in [6.45, 7) is 1.58. The summed E-state index contributed by atoms with van der Waals surface area (Å²) in [5.41, 5.74) is -4.73. The molecule has 30 heavy (non-hydrogen) atoms. The van der Waals surface area contributed by atoms with E-state index < -0.39 is 40.6 Å². The molecular weight excluding hydrogens is 480 g/mol. The Morgan fingerprint density at radius 2 is 1.50 bits per heavy atom. The highest BCUT2D eigenvalue weighted by molar-refractivity contribution is 9.09. The van der Waals surface area contributed by atoms with Crippen LogP contribution in [-0.4, -0.2) is 24.1 Å². The summed E-state index contributed by atoms with van der Waals surface area (Å²) in [4.78, 5) is 16.7. The monoisotopic (exact) mass is 495 g/mol. The molecule has 0 amide bonds. The molecule has 2 rings (SSSR count). The zero-order valence-corrected chi connectivity index (χ0v) is 17.1. The van der Waals surface area contributed by atoms with E-state index in [-0.39, 0.29) is 18.0 Å². The van der Waals surface area contributed by atoms with Crippen molar-refractivity contribution in [3.8, 4) is 0 Å². The van der Waals surface area contributed by atoms with Crippen LogP contribution in [0.1, 0.15) is 29.2 Å². The molecule has 0 spiro atoms. The summed E-state index contributed by atoms with van der Waals surface area (Å²) in [5, 5.41) is -0.107. The first-order valence-corrected chi connectivity index (χ1v) is 9.69. The summed E-state index contributed by atoms with van der Waals surface area (Å²) in [7, 11) is 0. The zero-order valence-electron chi connectivity index (χ0n) is 15.5. The smallest absolute Gasteiger partial charge is 0.416 e. The van der Waals surface area contributed by atoms with Crippen LogP contribution in [0.25, 0.3) is 0 Å². The van der Waals surface area contributed by atoms with E-state index >= 15 is 0 Å². The molecule has 0 bridgehead atoms. The maximum absolute atomic E-state index is 13.1. The average molecular weight is 496 g/mol. The summed E-state index contributed by atoms with van der Waals surface area (Å²) in [6.07, 6.45) is -9.16. The minimum atomic E-state index is -4.99. The number of nitrogens with zero attached hydrogens (tertiary/aromatic N) is 1. The first-order valence-electron chi connectivity index (χ1n) is 8.57. The van der Waals surface area contributed by atoms with Crippen molar-refractivity contribution >= 4 is 28.1 Å². The van der Waals surface area contributed by atoms with Crippen molar-refractivity contribution in [2.75, 3.05) is 11.9 Å². The number of esters is 1. The highest BCUT2D eigenvalue weighted by atomic mass is 79.9. The van der Waals surface area contributed by atoms with E-state index in [9.17, 15) is 31.1 Å². The number of alkyl halides is 7. The Morgan fingerprint density at radius 1 is 0.967 bits per heavy atom. The van der Waals surface area contributed by atoms with Crippen molar-refractivity contribution < 1.29 is 35.9 Å². The molecule has 0 radical (unpaired) electrons. The lowest BCUT2D eigenvalue weighted by Gasteiger charge is -2.26. The van der Waals surface area contributed by atoms with Gasteiger partial charge in [0, 0.05) is 11.5 Å². The number of aliphatic imine (C=N–C) groups is 1. The molecule has 1 unspecified atom stereocenters. The molecule has 0 aliphatic carbocycles. The van der Waals surface area contributed by atoms with Crippen LogP contribution in [0, 0.1) is 0 Å². The van der Waals surface area contributed by atoms with E-state index in [4.69, 9.17) is 4.74 Å². The number of rotatable bonds is 6. The summed E-state index contributed by atoms with van der Waals surface area (Å²) >= 11 is 3.17. The van der Waals surface area contributed by atoms with Crippen LogP contribution in [0.5, 0.6) is 0 Å². The third-order valence-electron chi connectivity index (χ3n) is 4.10. The predicted molar refractivity (Wildman–Crippen MR) is 103 cm³/mol. The molecule has 0 aliphatic rings. The molecule has 0 N–H and O–H groups in total. The van der Waals surface area contributed by atoms with Crippen molar-refractivity contribution in [2.24, 2.45) is 4.99 Å². The molecule has 2 aromatic rings. The van der Waals surface area contributed by atoms with Gasteiger partial charge in [-0.3, -0.25) is 4.99 Å². The van der Waals surface area contributed by atoms with Crippen molar-refractivity contribution in [1.82, 2.24) is 0 Å². The number of halogens is 7. The third-order valence-corrected chi connectivity index (χ3v) is 4.91. The lowest BCUT2D eigenvalue weighted by atomic mass is 9.92. The Bertz CT molecular complexity index is 879. The van der Waals surface area contributed by atoms with Crippen LogP contribution >= 0.6 is 15.9 Å². The van der Waals surface area contributed by atoms with Crippen LogP contribution < -0.4 is 0 Å². The molecule has 1 atom stereocenters. The number of carbonyl (C=O) groups excluding carboxylic acids is 1. The topological polar surface area (TPSA) is 38.7 Å². The first-order chi connectivity index (χ1) is 13.9. The minimum Gasteiger partial charge on any atom is -0.464 e. The van der Waals surface area contributed by atoms with Gasteiger partial charge in [-0.15, -0.1) is 0 Å². The fraction of sp³-hybridized carbons (Fsp3) is 0.300. The highest BCUT2D eigenvalue weighted by Gasteiger charge is 2.41. The van der Waals surface area contributed by atoms with E-state index in [0.29, 0.717) is 17.7 Å². The van der Waals surface area contributed by atoms with Gasteiger partial charge in [0.1, 0.15) is 0 Å². The van der Waals surface area contributed by atoms with Crippen LogP contribution in [0.15, 0.2) is 53.5 Å². The first kappa shape index (κ1) is 23.9. The second kappa shape index (κ2) is 9.20. The van der Waals surface area contributed by atoms with E-state index in [0.717, 1.165) is 6.21 Å². The molecule has 0 aromatic heterocycles. The quantitative estimate of drug-likeness (QED) is 0.213. The summed E-state index contributed by atoms with van der Waals surface area (Å²) < 4.78 is 83.5. The maximum Gasteiger partial charge on any atom is 0.416 e. The lowest BCUT2D eigenvalue weighted by molar-refractivity contribution is -0.149. The molecule has 2 aromatic carbocycles. The van der Waals surface area contributed by atoms with Crippen LogP contribution in [-0.2, 0) is 27.4 Å². The molecule has 0 saturated heterocycles. The fourth-order valence-corrected chi connectivity index (χ4v) is 3.31. The Labute approximate surface area is 176 Å². The number of carbonyl (C=O) groups is 1. The van der Waals surface area contributed by atoms with Gasteiger partial charge in [-0.25, -0.2) is 4.79 Å². The van der Waals surface area contributed by atoms with Gasteiger partial charge in [0.25, 0.3) is 0 Å². The SMILES string of the molecule is CCOC(=O)C(CBr)(N=Cc1cc(C(F)(F)F)cc(C(F)(F)F)c1)c1ccccc1. The molecular formula is C20H16BrF6NO2. The van der Waals surface area contributed by atoms with Crippen molar-refractivity contribution in [2.45, 2.75) is 24.8 Å². The Kier molecular flexibility index (Phi) is 7.33. The highest BCUT2D eigenvalue weighted by Crippen LogP contribution is 2.36. The van der Waals surface area contributed by atoms with Gasteiger partial charge in [0.15, 0.2) is 5.54 Å². The third kappa shape index (κ3) is 5.41. The van der Waals surface area contributed by atoms with Gasteiger partial charge < -0.3 is 4.74 Å². The van der Waals surface area contributed by atoms with Crippen molar-refractivity contribution in [1.29, 1.82) is 0 Å². The van der Waals surface area contributed by atoms with E-state index in [1.807, 2.05) is 0 Å². The van der Waals surface area contributed by atoms with Gasteiger partial charge in [-0.1, -0.05) is 46.3 Å². The molecule has 10 heteroatoms. The molecule has 0 saturated carbocycles. The second-order valence-corrected chi connectivity index (χ2v) is 6.74. The predicted octanol–water partition coefficient (Wildman–Crippen LogP) is 6.00. The number of ether oxygens (including phenoxy) is 1. The zero-order chi connectivity index (χ0) is 22.6. The van der Waals surface area contributed by atoms with Crippen molar-refractivity contribution in [3.63, 3.8) is 0 Å².